The molecule has 0 aromatic rings. The van der Waals surface area contributed by atoms with Crippen molar-refractivity contribution in [2.75, 3.05) is 26.4 Å². The van der Waals surface area contributed by atoms with Crippen LogP contribution in [0.2, 0.25) is 0 Å². The Balaban J connectivity index is 2.18. The predicted molar refractivity (Wildman–Crippen MR) is 243 cm³/mol. The van der Waals surface area contributed by atoms with Crippen molar-refractivity contribution >= 4 is 5.97 Å². The molecule has 9 heteroatoms. The Kier molecular flexibility index (Phi) is 40.1. The molecule has 1 aliphatic rings. The maximum absolute atomic E-state index is 12.8. The Morgan fingerprint density at radius 2 is 0.932 bits per heavy atom. The Morgan fingerprint density at radius 1 is 0.525 bits per heavy atom. The molecule has 0 aliphatic carbocycles. The number of carbonyl (C=O) groups excluding carboxylic acids is 1. The van der Waals surface area contributed by atoms with Gasteiger partial charge in [-0.05, 0) is 38.5 Å². The van der Waals surface area contributed by atoms with Crippen molar-refractivity contribution in [1.29, 1.82) is 0 Å². The van der Waals surface area contributed by atoms with Crippen LogP contribution in [0, 0.1) is 0 Å². The normalized spacial score (nSPS) is 20.1. The molecule has 0 saturated carbocycles. The van der Waals surface area contributed by atoms with Gasteiger partial charge in [-0.3, -0.25) is 4.79 Å². The van der Waals surface area contributed by atoms with Crippen molar-refractivity contribution in [2.24, 2.45) is 0 Å². The summed E-state index contributed by atoms with van der Waals surface area (Å²) in [5, 5.41) is 40.2. The summed E-state index contributed by atoms with van der Waals surface area (Å²) < 4.78 is 22.9. The van der Waals surface area contributed by atoms with Crippen LogP contribution < -0.4 is 0 Å². The first-order valence-corrected chi connectivity index (χ1v) is 25.3. The molecule has 59 heavy (non-hydrogen) atoms. The first kappa shape index (κ1) is 55.9. The number of ether oxygens (including phenoxy) is 4. The number of rotatable bonds is 44. The third-order valence-corrected chi connectivity index (χ3v) is 11.9. The Morgan fingerprint density at radius 3 is 1.37 bits per heavy atom. The van der Waals surface area contributed by atoms with Crippen LogP contribution in [0.3, 0.4) is 0 Å². The summed E-state index contributed by atoms with van der Waals surface area (Å²) >= 11 is 0. The van der Waals surface area contributed by atoms with E-state index < -0.39 is 43.4 Å². The lowest BCUT2D eigenvalue weighted by Gasteiger charge is -2.39. The van der Waals surface area contributed by atoms with E-state index in [9.17, 15) is 25.2 Å². The summed E-state index contributed by atoms with van der Waals surface area (Å²) in [6, 6.07) is 0. The van der Waals surface area contributed by atoms with Crippen LogP contribution in [0.25, 0.3) is 0 Å². The molecule has 6 unspecified atom stereocenters. The molecule has 1 fully saturated rings. The lowest BCUT2D eigenvalue weighted by molar-refractivity contribution is -0.305. The van der Waals surface area contributed by atoms with Crippen LogP contribution in [-0.4, -0.2) is 89.6 Å². The molecule has 9 nitrogen and oxygen atoms in total. The Labute approximate surface area is 363 Å². The van der Waals surface area contributed by atoms with E-state index in [4.69, 9.17) is 18.9 Å². The largest absolute Gasteiger partial charge is 0.457 e. The van der Waals surface area contributed by atoms with E-state index in [1.165, 1.54) is 186 Å². The molecule has 0 radical (unpaired) electrons. The minimum Gasteiger partial charge on any atom is -0.457 e. The average Bonchev–Trinajstić information content (AvgIpc) is 3.24. The molecule has 1 rings (SSSR count). The van der Waals surface area contributed by atoms with Gasteiger partial charge in [-0.15, -0.1) is 0 Å². The summed E-state index contributed by atoms with van der Waals surface area (Å²) in [5.74, 6) is -0.309. The molecule has 6 atom stereocenters. The molecule has 0 spiro atoms. The molecule has 0 amide bonds. The molecular weight excluding hydrogens is 745 g/mol. The van der Waals surface area contributed by atoms with E-state index in [1.54, 1.807) is 0 Å². The van der Waals surface area contributed by atoms with Crippen molar-refractivity contribution in [3.8, 4) is 0 Å². The Hall–Kier alpha value is -1.07. The average molecular weight is 841 g/mol. The SMILES string of the molecule is CCCCCCCCCC/C=C\CCCCCCCCCCCCOCC(COC1OC(CO)C(O)C(O)C1O)OC(=O)CCCCCCCCCCCCCCCC. The second-order valence-corrected chi connectivity index (χ2v) is 17.6. The molecule has 0 aromatic carbocycles. The molecule has 0 aromatic heterocycles. The zero-order valence-corrected chi connectivity index (χ0v) is 38.5. The fourth-order valence-electron chi connectivity index (χ4n) is 7.96. The van der Waals surface area contributed by atoms with Gasteiger partial charge in [0.15, 0.2) is 6.29 Å². The van der Waals surface area contributed by atoms with E-state index in [2.05, 4.69) is 26.0 Å². The third-order valence-electron chi connectivity index (χ3n) is 11.9. The van der Waals surface area contributed by atoms with Crippen LogP contribution in [0.4, 0.5) is 0 Å². The third kappa shape index (κ3) is 33.2. The highest BCUT2D eigenvalue weighted by Crippen LogP contribution is 2.23. The molecule has 0 bridgehead atoms. The quantitative estimate of drug-likeness (QED) is 0.0269. The molecule has 1 aliphatic heterocycles. The van der Waals surface area contributed by atoms with Gasteiger partial charge in [0.1, 0.15) is 30.5 Å². The van der Waals surface area contributed by atoms with E-state index in [0.29, 0.717) is 13.0 Å². The number of aliphatic hydroxyl groups excluding tert-OH is 4. The van der Waals surface area contributed by atoms with Gasteiger partial charge in [-0.2, -0.15) is 0 Å². The van der Waals surface area contributed by atoms with Crippen LogP contribution in [-0.2, 0) is 23.7 Å². The van der Waals surface area contributed by atoms with Crippen LogP contribution in [0.1, 0.15) is 239 Å². The number of allylic oxidation sites excluding steroid dienone is 2. The van der Waals surface area contributed by atoms with Crippen molar-refractivity contribution < 1.29 is 44.2 Å². The number of esters is 1. The van der Waals surface area contributed by atoms with Crippen molar-refractivity contribution in [3.63, 3.8) is 0 Å². The highest BCUT2D eigenvalue weighted by Gasteiger charge is 2.44. The first-order valence-electron chi connectivity index (χ1n) is 25.3. The molecular formula is C50H96O9. The topological polar surface area (TPSA) is 135 Å². The van der Waals surface area contributed by atoms with E-state index in [0.717, 1.165) is 32.1 Å². The smallest absolute Gasteiger partial charge is 0.306 e. The van der Waals surface area contributed by atoms with Crippen molar-refractivity contribution in [1.82, 2.24) is 0 Å². The molecule has 1 saturated heterocycles. The summed E-state index contributed by atoms with van der Waals surface area (Å²) in [6.07, 6.45) is 41.0. The highest BCUT2D eigenvalue weighted by molar-refractivity contribution is 5.69. The predicted octanol–water partition coefficient (Wildman–Crippen LogP) is 12.0. The minimum atomic E-state index is -1.53. The van der Waals surface area contributed by atoms with Gasteiger partial charge in [0.05, 0.1) is 19.8 Å². The second-order valence-electron chi connectivity index (χ2n) is 17.6. The maximum atomic E-state index is 12.8. The molecule has 350 valence electrons. The fourth-order valence-corrected chi connectivity index (χ4v) is 7.96. The zero-order valence-electron chi connectivity index (χ0n) is 38.5. The summed E-state index contributed by atoms with van der Waals surface area (Å²) in [4.78, 5) is 12.8. The summed E-state index contributed by atoms with van der Waals surface area (Å²) in [5.41, 5.74) is 0. The van der Waals surface area contributed by atoms with E-state index in [1.807, 2.05) is 0 Å². The monoisotopic (exact) mass is 841 g/mol. The number of hydrogen-bond donors (Lipinski definition) is 4. The van der Waals surface area contributed by atoms with E-state index in [-0.39, 0.29) is 19.2 Å². The van der Waals surface area contributed by atoms with Crippen molar-refractivity contribution in [2.45, 2.75) is 275 Å². The van der Waals surface area contributed by atoms with Gasteiger partial charge < -0.3 is 39.4 Å². The lowest BCUT2D eigenvalue weighted by Crippen LogP contribution is -2.59. The van der Waals surface area contributed by atoms with Crippen molar-refractivity contribution in [3.05, 3.63) is 12.2 Å². The number of aliphatic hydroxyl groups is 4. The van der Waals surface area contributed by atoms with Gasteiger partial charge >= 0.3 is 5.97 Å². The molecule has 4 N–H and O–H groups in total. The van der Waals surface area contributed by atoms with Crippen LogP contribution in [0.15, 0.2) is 12.2 Å². The second kappa shape index (κ2) is 42.2. The number of hydrogen-bond acceptors (Lipinski definition) is 9. The maximum Gasteiger partial charge on any atom is 0.306 e. The first-order chi connectivity index (χ1) is 28.9. The summed E-state index contributed by atoms with van der Waals surface area (Å²) in [6.45, 7) is 4.60. The van der Waals surface area contributed by atoms with Crippen LogP contribution in [0.5, 0.6) is 0 Å². The standard InChI is InChI=1S/C50H96O9/c1-3-5-7-9-11-13-15-17-19-20-21-22-23-24-25-26-28-30-32-34-36-38-40-56-42-44(43-57-50-49(55)48(54)47(53)45(41-51)59-50)58-46(52)39-37-35-33-31-29-27-18-16-14-12-10-8-6-4-2/h20-21,44-45,47-51,53-55H,3-19,22-43H2,1-2H3/b21-20-. The van der Waals surface area contributed by atoms with Gasteiger partial charge in [-0.25, -0.2) is 0 Å². The van der Waals surface area contributed by atoms with Gasteiger partial charge in [0.25, 0.3) is 0 Å². The lowest BCUT2D eigenvalue weighted by atomic mass is 9.99. The highest BCUT2D eigenvalue weighted by atomic mass is 16.7. The van der Waals surface area contributed by atoms with Gasteiger partial charge in [-0.1, -0.05) is 206 Å². The number of unbranched alkanes of at least 4 members (excludes halogenated alkanes) is 31. The number of carbonyl (C=O) groups is 1. The zero-order chi connectivity index (χ0) is 42.9. The van der Waals surface area contributed by atoms with Gasteiger partial charge in [0.2, 0.25) is 0 Å². The van der Waals surface area contributed by atoms with Gasteiger partial charge in [0, 0.05) is 13.0 Å². The summed E-state index contributed by atoms with van der Waals surface area (Å²) in [7, 11) is 0. The van der Waals surface area contributed by atoms with Crippen LogP contribution >= 0.6 is 0 Å². The minimum absolute atomic E-state index is 0.108. The Bertz CT molecular complexity index is 915. The fraction of sp³-hybridized carbons (Fsp3) is 0.940. The van der Waals surface area contributed by atoms with E-state index >= 15 is 0 Å². The molecule has 1 heterocycles.